The molecule has 0 aliphatic carbocycles. The van der Waals surface area contributed by atoms with Gasteiger partial charge < -0.3 is 20.4 Å². The number of hydrogen-bond acceptors (Lipinski definition) is 6. The first kappa shape index (κ1) is 31.2. The third-order valence-corrected chi connectivity index (χ3v) is 7.35. The van der Waals surface area contributed by atoms with Crippen molar-refractivity contribution in [3.63, 3.8) is 0 Å². The summed E-state index contributed by atoms with van der Waals surface area (Å²) >= 11 is 0. The fraction of sp³-hybridized carbons (Fsp3) is 0.111. The van der Waals surface area contributed by atoms with Crippen LogP contribution in [0.4, 0.5) is 0 Å². The van der Waals surface area contributed by atoms with Gasteiger partial charge in [0.2, 0.25) is 0 Å². The summed E-state index contributed by atoms with van der Waals surface area (Å²) in [5.74, 6) is -3.64. The minimum absolute atomic E-state index is 0.121. The maximum absolute atomic E-state index is 12.2. The molecular formula is C36H30O8. The molecule has 0 aliphatic rings. The monoisotopic (exact) mass is 590 g/mol. The molecule has 222 valence electrons. The van der Waals surface area contributed by atoms with E-state index in [9.17, 15) is 29.4 Å². The number of aliphatic carboxylic acids is 2. The molecule has 0 unspecified atom stereocenters. The molecule has 0 saturated heterocycles. The summed E-state index contributed by atoms with van der Waals surface area (Å²) in [4.78, 5) is 45.9. The summed E-state index contributed by atoms with van der Waals surface area (Å²) in [7, 11) is 0. The van der Waals surface area contributed by atoms with Crippen LogP contribution in [0, 0.1) is 0 Å². The molecule has 8 nitrogen and oxygen atoms in total. The predicted octanol–water partition coefficient (Wildman–Crippen LogP) is 5.62. The molecule has 0 spiro atoms. The van der Waals surface area contributed by atoms with Crippen LogP contribution in [0.2, 0.25) is 0 Å². The van der Waals surface area contributed by atoms with Gasteiger partial charge in [-0.15, -0.1) is 0 Å². The van der Waals surface area contributed by atoms with Gasteiger partial charge in [0.1, 0.15) is 11.5 Å². The molecule has 0 aliphatic heterocycles. The van der Waals surface area contributed by atoms with Crippen LogP contribution in [0.3, 0.4) is 0 Å². The molecule has 4 aromatic carbocycles. The first-order valence-electron chi connectivity index (χ1n) is 13.7. The second-order valence-corrected chi connectivity index (χ2v) is 10.4. The molecule has 0 radical (unpaired) electrons. The van der Waals surface area contributed by atoms with Crippen LogP contribution in [0.5, 0.6) is 11.5 Å². The number of carbonyl (C=O) groups excluding carboxylic acids is 2. The average molecular weight is 591 g/mol. The number of phenols is 2. The van der Waals surface area contributed by atoms with Gasteiger partial charge in [-0.05, 0) is 59.0 Å². The van der Waals surface area contributed by atoms with E-state index < -0.39 is 28.9 Å². The number of hydrogen-bond donors (Lipinski definition) is 4. The number of benzene rings is 4. The lowest BCUT2D eigenvalue weighted by molar-refractivity contribution is -0.132. The number of carboxylic acid groups (broad SMARTS) is 2. The van der Waals surface area contributed by atoms with Crippen molar-refractivity contribution in [3.05, 3.63) is 143 Å². The molecule has 0 heterocycles. The van der Waals surface area contributed by atoms with Crippen molar-refractivity contribution >= 4 is 23.5 Å². The van der Waals surface area contributed by atoms with Gasteiger partial charge in [-0.1, -0.05) is 78.9 Å². The Kier molecular flexibility index (Phi) is 9.55. The molecule has 0 bridgehead atoms. The summed E-state index contributed by atoms with van der Waals surface area (Å²) in [6, 6.07) is 27.0. The smallest absolute Gasteiger partial charge is 0.328 e. The van der Waals surface area contributed by atoms with E-state index in [1.165, 1.54) is 12.1 Å². The normalized spacial score (nSPS) is 11.6. The van der Waals surface area contributed by atoms with Crippen molar-refractivity contribution in [2.75, 3.05) is 0 Å². The largest absolute Gasteiger partial charge is 0.508 e. The summed E-state index contributed by atoms with van der Waals surface area (Å²) in [6.45, 7) is 1.84. The molecule has 0 aromatic heterocycles. The summed E-state index contributed by atoms with van der Waals surface area (Å²) in [5, 5.41) is 40.1. The third-order valence-electron chi connectivity index (χ3n) is 7.35. The van der Waals surface area contributed by atoms with E-state index >= 15 is 0 Å². The standard InChI is InChI=1S/C36H30O8/c1-36(27-11-9-26(10-12-27)25-5-3-2-4-6-25,30-15-7-23(21-32(30)39)19-28(37)13-17-34(41)42)31-16-8-24(22-33(31)40)20-29(38)14-18-35(43)44/h2-18,21-22,39-40H,19-20H2,1H3,(H,41,42)(H,43,44)/b17-13+,18-14+. The second-order valence-electron chi connectivity index (χ2n) is 10.4. The number of carbonyl (C=O) groups is 4. The average Bonchev–Trinajstić information content (AvgIpc) is 2.99. The van der Waals surface area contributed by atoms with Crippen molar-refractivity contribution in [2.45, 2.75) is 25.2 Å². The lowest BCUT2D eigenvalue weighted by Gasteiger charge is -2.33. The van der Waals surface area contributed by atoms with Crippen molar-refractivity contribution in [2.24, 2.45) is 0 Å². The Balaban J connectivity index is 1.77. The van der Waals surface area contributed by atoms with Gasteiger partial charge in [0, 0.05) is 41.5 Å². The highest BCUT2D eigenvalue weighted by Crippen LogP contribution is 2.46. The first-order valence-corrected chi connectivity index (χ1v) is 13.7. The number of carboxylic acids is 2. The first-order chi connectivity index (χ1) is 21.0. The SMILES string of the molecule is CC(c1ccc(-c2ccccc2)cc1)(c1ccc(CC(=O)/C=C/C(=O)O)cc1O)c1ccc(CC(=O)/C=C/C(=O)O)cc1O. The molecule has 4 N–H and O–H groups in total. The minimum Gasteiger partial charge on any atom is -0.508 e. The van der Waals surface area contributed by atoms with E-state index in [1.54, 1.807) is 24.3 Å². The maximum atomic E-state index is 12.2. The number of allylic oxidation sites excluding steroid dienone is 2. The lowest BCUT2D eigenvalue weighted by Crippen LogP contribution is -2.26. The molecule has 0 fully saturated rings. The summed E-state index contributed by atoms with van der Waals surface area (Å²) < 4.78 is 0. The predicted molar refractivity (Wildman–Crippen MR) is 165 cm³/mol. The van der Waals surface area contributed by atoms with Gasteiger partial charge in [-0.3, -0.25) is 9.59 Å². The van der Waals surface area contributed by atoms with Crippen LogP contribution in [-0.4, -0.2) is 43.9 Å². The van der Waals surface area contributed by atoms with Crippen LogP contribution in [0.15, 0.2) is 115 Å². The van der Waals surface area contributed by atoms with Crippen molar-refractivity contribution in [1.82, 2.24) is 0 Å². The summed E-state index contributed by atoms with van der Waals surface area (Å²) in [5.41, 5.74) is 3.43. The van der Waals surface area contributed by atoms with E-state index in [0.29, 0.717) is 22.3 Å². The zero-order chi connectivity index (χ0) is 31.9. The minimum atomic E-state index is -1.24. The molecule has 8 heteroatoms. The Bertz CT molecular complexity index is 1680. The molecule has 0 atom stereocenters. The fourth-order valence-corrected chi connectivity index (χ4v) is 5.15. The van der Waals surface area contributed by atoms with Crippen LogP contribution >= 0.6 is 0 Å². The lowest BCUT2D eigenvalue weighted by atomic mass is 9.69. The van der Waals surface area contributed by atoms with E-state index in [-0.39, 0.29) is 24.3 Å². The molecule has 4 rings (SSSR count). The Morgan fingerprint density at radius 3 is 1.43 bits per heavy atom. The van der Waals surface area contributed by atoms with Gasteiger partial charge >= 0.3 is 11.9 Å². The van der Waals surface area contributed by atoms with Gasteiger partial charge in [0.15, 0.2) is 11.6 Å². The maximum Gasteiger partial charge on any atom is 0.328 e. The van der Waals surface area contributed by atoms with Crippen LogP contribution in [-0.2, 0) is 37.4 Å². The van der Waals surface area contributed by atoms with Crippen molar-refractivity contribution in [1.29, 1.82) is 0 Å². The Morgan fingerprint density at radius 2 is 1.02 bits per heavy atom. The van der Waals surface area contributed by atoms with E-state index in [4.69, 9.17) is 10.2 Å². The highest BCUT2D eigenvalue weighted by atomic mass is 16.4. The quantitative estimate of drug-likeness (QED) is 0.123. The third kappa shape index (κ3) is 7.35. The Morgan fingerprint density at radius 1 is 0.591 bits per heavy atom. The van der Waals surface area contributed by atoms with Crippen LogP contribution in [0.25, 0.3) is 11.1 Å². The number of rotatable bonds is 12. The van der Waals surface area contributed by atoms with Gasteiger partial charge in [0.05, 0.1) is 0 Å². The molecule has 0 amide bonds. The van der Waals surface area contributed by atoms with Crippen LogP contribution < -0.4 is 0 Å². The number of aromatic hydroxyl groups is 2. The molecule has 44 heavy (non-hydrogen) atoms. The summed E-state index contributed by atoms with van der Waals surface area (Å²) in [6.07, 6.45) is 3.21. The zero-order valence-electron chi connectivity index (χ0n) is 23.8. The molecular weight excluding hydrogens is 560 g/mol. The second kappa shape index (κ2) is 13.5. The van der Waals surface area contributed by atoms with Crippen molar-refractivity contribution in [3.8, 4) is 22.6 Å². The topological polar surface area (TPSA) is 149 Å². The fourth-order valence-electron chi connectivity index (χ4n) is 5.15. The van der Waals surface area contributed by atoms with E-state index in [2.05, 4.69) is 0 Å². The van der Waals surface area contributed by atoms with Crippen molar-refractivity contribution < 1.29 is 39.6 Å². The number of ketones is 2. The number of phenolic OH excluding ortho intramolecular Hbond substituents is 2. The zero-order valence-corrected chi connectivity index (χ0v) is 23.8. The Labute approximate surface area is 253 Å². The molecule has 0 saturated carbocycles. The van der Waals surface area contributed by atoms with Gasteiger partial charge in [-0.25, -0.2) is 9.59 Å². The van der Waals surface area contributed by atoms with E-state index in [1.807, 2.05) is 61.5 Å². The van der Waals surface area contributed by atoms with Crippen LogP contribution in [0.1, 0.15) is 34.7 Å². The highest BCUT2D eigenvalue weighted by Gasteiger charge is 2.36. The highest BCUT2D eigenvalue weighted by molar-refractivity contribution is 5.97. The van der Waals surface area contributed by atoms with E-state index in [0.717, 1.165) is 41.0 Å². The molecule has 4 aromatic rings. The van der Waals surface area contributed by atoms with Gasteiger partial charge in [0.25, 0.3) is 0 Å². The Hall–Kier alpha value is -5.76. The van der Waals surface area contributed by atoms with Gasteiger partial charge in [-0.2, -0.15) is 0 Å².